The van der Waals surface area contributed by atoms with Crippen molar-refractivity contribution in [2.75, 3.05) is 20.2 Å². The molecule has 8 nitrogen and oxygen atoms in total. The van der Waals surface area contributed by atoms with Crippen molar-refractivity contribution in [3.05, 3.63) is 17.6 Å². The molecule has 1 fully saturated rings. The van der Waals surface area contributed by atoms with Gasteiger partial charge >= 0.3 is 11.9 Å². The van der Waals surface area contributed by atoms with Crippen LogP contribution in [0.1, 0.15) is 29.7 Å². The molecule has 2 heterocycles. The number of hydrogen-bond acceptors (Lipinski definition) is 6. The van der Waals surface area contributed by atoms with Crippen molar-refractivity contribution in [2.45, 2.75) is 24.7 Å². The van der Waals surface area contributed by atoms with E-state index in [9.17, 15) is 18.0 Å². The van der Waals surface area contributed by atoms with Crippen molar-refractivity contribution in [1.82, 2.24) is 4.31 Å². The van der Waals surface area contributed by atoms with Gasteiger partial charge in [-0.1, -0.05) is 6.92 Å². The molecule has 2 rings (SSSR count). The van der Waals surface area contributed by atoms with Gasteiger partial charge in [0.1, 0.15) is 10.7 Å². The second kappa shape index (κ2) is 6.09. The number of hydrogen-bond donors (Lipinski definition) is 1. The lowest BCUT2D eigenvalue weighted by Crippen LogP contribution is -2.30. The van der Waals surface area contributed by atoms with Crippen LogP contribution >= 0.6 is 0 Å². The van der Waals surface area contributed by atoms with Gasteiger partial charge < -0.3 is 14.3 Å². The van der Waals surface area contributed by atoms with Crippen LogP contribution in [0.4, 0.5) is 0 Å². The lowest BCUT2D eigenvalue weighted by atomic mass is 10.1. The molecule has 1 atom stereocenters. The standard InChI is InChI=1S/C13H17NO7S/c1-3-9-11(6-10(21-9)13(17)20-2)22(18,19)14-5-4-8(7-14)12(15)16/h6,8H,3-5,7H2,1-2H3,(H,15,16). The number of methoxy groups -OCH3 is 1. The maximum atomic E-state index is 12.6. The van der Waals surface area contributed by atoms with Gasteiger partial charge in [0, 0.05) is 25.6 Å². The maximum absolute atomic E-state index is 12.6. The number of carbonyl (C=O) groups excluding carboxylic acids is 1. The molecule has 0 spiro atoms. The second-order valence-corrected chi connectivity index (χ2v) is 6.84. The van der Waals surface area contributed by atoms with Crippen LogP contribution in [-0.2, 0) is 26.0 Å². The highest BCUT2D eigenvalue weighted by Crippen LogP contribution is 2.29. The summed E-state index contributed by atoms with van der Waals surface area (Å²) in [5.74, 6) is -2.53. The van der Waals surface area contributed by atoms with E-state index in [-0.39, 0.29) is 42.3 Å². The quantitative estimate of drug-likeness (QED) is 0.791. The van der Waals surface area contributed by atoms with Gasteiger partial charge in [-0.3, -0.25) is 4.79 Å². The van der Waals surface area contributed by atoms with E-state index in [1.165, 1.54) is 7.11 Å². The average Bonchev–Trinajstić information content (AvgIpc) is 3.13. The highest BCUT2D eigenvalue weighted by molar-refractivity contribution is 7.89. The van der Waals surface area contributed by atoms with Crippen LogP contribution in [0.2, 0.25) is 0 Å². The molecular formula is C13H17NO7S. The fourth-order valence-corrected chi connectivity index (χ4v) is 4.09. The van der Waals surface area contributed by atoms with Gasteiger partial charge in [0.15, 0.2) is 0 Å². The molecule has 0 radical (unpaired) electrons. The van der Waals surface area contributed by atoms with E-state index in [1.54, 1.807) is 6.92 Å². The number of carboxylic acids is 1. The fourth-order valence-electron chi connectivity index (χ4n) is 2.37. The van der Waals surface area contributed by atoms with Gasteiger partial charge in [-0.15, -0.1) is 0 Å². The van der Waals surface area contributed by atoms with E-state index in [2.05, 4.69) is 4.74 Å². The molecule has 1 unspecified atom stereocenters. The topological polar surface area (TPSA) is 114 Å². The predicted octanol–water partition coefficient (Wildman–Crippen LogP) is 0.724. The Morgan fingerprint density at radius 3 is 2.68 bits per heavy atom. The summed E-state index contributed by atoms with van der Waals surface area (Å²) in [6.45, 7) is 1.74. The molecular weight excluding hydrogens is 314 g/mol. The summed E-state index contributed by atoms with van der Waals surface area (Å²) in [6, 6.07) is 1.13. The average molecular weight is 331 g/mol. The Bertz CT molecular complexity index is 691. The number of rotatable bonds is 5. The normalized spacial score (nSPS) is 19.3. The largest absolute Gasteiger partial charge is 0.481 e. The number of sulfonamides is 1. The van der Waals surface area contributed by atoms with Crippen molar-refractivity contribution >= 4 is 22.0 Å². The second-order valence-electron chi connectivity index (χ2n) is 4.93. The molecule has 1 aliphatic heterocycles. The van der Waals surface area contributed by atoms with Crippen LogP contribution in [0.25, 0.3) is 0 Å². The molecule has 1 saturated heterocycles. The van der Waals surface area contributed by atoms with Gasteiger partial charge in [0.25, 0.3) is 0 Å². The molecule has 9 heteroatoms. The Kier molecular flexibility index (Phi) is 4.57. The van der Waals surface area contributed by atoms with Gasteiger partial charge in [0.05, 0.1) is 13.0 Å². The Labute approximate surface area is 127 Å². The Hall–Kier alpha value is -1.87. The molecule has 0 saturated carbocycles. The molecule has 1 aromatic rings. The Morgan fingerprint density at radius 1 is 1.50 bits per heavy atom. The first kappa shape index (κ1) is 16.5. The SMILES string of the molecule is CCc1oc(C(=O)OC)cc1S(=O)(=O)N1CCC(C(=O)O)C1. The Morgan fingerprint density at radius 2 is 2.18 bits per heavy atom. The van der Waals surface area contributed by atoms with E-state index >= 15 is 0 Å². The van der Waals surface area contributed by atoms with E-state index in [1.807, 2.05) is 0 Å². The summed E-state index contributed by atoms with van der Waals surface area (Å²) in [4.78, 5) is 22.3. The molecule has 0 amide bonds. The zero-order valence-electron chi connectivity index (χ0n) is 12.2. The number of aliphatic carboxylic acids is 1. The number of aryl methyl sites for hydroxylation is 1. The van der Waals surface area contributed by atoms with Gasteiger partial charge in [-0.05, 0) is 6.42 Å². The van der Waals surface area contributed by atoms with Crippen LogP contribution in [0.15, 0.2) is 15.4 Å². The molecule has 0 bridgehead atoms. The number of ether oxygens (including phenoxy) is 1. The minimum Gasteiger partial charge on any atom is -0.481 e. The van der Waals surface area contributed by atoms with Crippen LogP contribution < -0.4 is 0 Å². The highest BCUT2D eigenvalue weighted by atomic mass is 32.2. The van der Waals surface area contributed by atoms with Gasteiger partial charge in [-0.25, -0.2) is 13.2 Å². The summed E-state index contributed by atoms with van der Waals surface area (Å²) in [5, 5.41) is 8.98. The molecule has 22 heavy (non-hydrogen) atoms. The fraction of sp³-hybridized carbons (Fsp3) is 0.538. The highest BCUT2D eigenvalue weighted by Gasteiger charge is 2.38. The first-order chi connectivity index (χ1) is 10.3. The van der Waals surface area contributed by atoms with E-state index in [0.29, 0.717) is 0 Å². The van der Waals surface area contributed by atoms with Crippen LogP contribution in [0, 0.1) is 5.92 Å². The zero-order chi connectivity index (χ0) is 16.5. The monoisotopic (exact) mass is 331 g/mol. The number of esters is 1. The molecule has 1 N–H and O–H groups in total. The van der Waals surface area contributed by atoms with Crippen molar-refractivity contribution in [3.63, 3.8) is 0 Å². The van der Waals surface area contributed by atoms with Crippen LogP contribution in [0.3, 0.4) is 0 Å². The van der Waals surface area contributed by atoms with Gasteiger partial charge in [0.2, 0.25) is 15.8 Å². The van der Waals surface area contributed by atoms with Crippen molar-refractivity contribution in [3.8, 4) is 0 Å². The third kappa shape index (κ3) is 2.86. The number of carboxylic acid groups (broad SMARTS) is 1. The van der Waals surface area contributed by atoms with E-state index in [0.717, 1.165) is 10.4 Å². The summed E-state index contributed by atoms with van der Waals surface area (Å²) in [7, 11) is -2.73. The molecule has 122 valence electrons. The summed E-state index contributed by atoms with van der Waals surface area (Å²) in [5.41, 5.74) is 0. The van der Waals surface area contributed by atoms with E-state index < -0.39 is 27.9 Å². The van der Waals surface area contributed by atoms with Crippen molar-refractivity contribution in [2.24, 2.45) is 5.92 Å². The van der Waals surface area contributed by atoms with Crippen LogP contribution in [-0.4, -0.2) is 50.0 Å². The third-order valence-electron chi connectivity index (χ3n) is 3.60. The summed E-state index contributed by atoms with van der Waals surface area (Å²) in [6.07, 6.45) is 0.541. The third-order valence-corrected chi connectivity index (χ3v) is 5.51. The zero-order valence-corrected chi connectivity index (χ0v) is 13.1. The first-order valence-corrected chi connectivity index (χ1v) is 8.19. The number of furan rings is 1. The summed E-state index contributed by atoms with van der Waals surface area (Å²) < 4.78 is 36.1. The predicted molar refractivity (Wildman–Crippen MR) is 73.9 cm³/mol. The molecule has 0 aromatic carbocycles. The van der Waals surface area contributed by atoms with E-state index in [4.69, 9.17) is 9.52 Å². The van der Waals surface area contributed by atoms with Gasteiger partial charge in [-0.2, -0.15) is 4.31 Å². The smallest absolute Gasteiger partial charge is 0.373 e. The minimum atomic E-state index is -3.90. The molecule has 1 aromatic heterocycles. The lowest BCUT2D eigenvalue weighted by Gasteiger charge is -2.15. The molecule has 1 aliphatic rings. The van der Waals surface area contributed by atoms with Crippen molar-refractivity contribution in [1.29, 1.82) is 0 Å². The first-order valence-electron chi connectivity index (χ1n) is 6.75. The molecule has 0 aliphatic carbocycles. The minimum absolute atomic E-state index is 0.0838. The lowest BCUT2D eigenvalue weighted by molar-refractivity contribution is -0.141. The van der Waals surface area contributed by atoms with Crippen LogP contribution in [0.5, 0.6) is 0 Å². The Balaban J connectivity index is 2.35. The van der Waals surface area contributed by atoms with Crippen molar-refractivity contribution < 1.29 is 32.3 Å². The number of nitrogens with zero attached hydrogens (tertiary/aromatic N) is 1. The number of carbonyl (C=O) groups is 2. The maximum Gasteiger partial charge on any atom is 0.373 e. The summed E-state index contributed by atoms with van der Waals surface area (Å²) >= 11 is 0.